The fraction of sp³-hybridized carbons (Fsp3) is 0.500. The third kappa shape index (κ3) is 2.07. The van der Waals surface area contributed by atoms with E-state index in [-0.39, 0.29) is 12.2 Å². The topological polar surface area (TPSA) is 131 Å². The molecule has 2 heterocycles. The number of rotatable bonds is 3. The minimum atomic E-state index is -1.68. The molecule has 4 atom stereocenters. The van der Waals surface area contributed by atoms with Crippen molar-refractivity contribution >= 4 is 5.82 Å². The van der Waals surface area contributed by atoms with Gasteiger partial charge in [0, 0.05) is 6.20 Å². The molecule has 20 heavy (non-hydrogen) atoms. The van der Waals surface area contributed by atoms with Gasteiger partial charge in [0.2, 0.25) is 0 Å². The van der Waals surface area contributed by atoms with E-state index in [0.29, 0.717) is 0 Å². The smallest absolute Gasteiger partial charge is 0.351 e. The maximum atomic E-state index is 11.9. The maximum Gasteiger partial charge on any atom is 0.351 e. The fourth-order valence-electron chi connectivity index (χ4n) is 2.30. The van der Waals surface area contributed by atoms with Crippen molar-refractivity contribution < 1.29 is 20.1 Å². The normalized spacial score (nSPS) is 33.0. The number of aromatic nitrogens is 2. The van der Waals surface area contributed by atoms with Gasteiger partial charge in [-0.05, 0) is 6.07 Å². The van der Waals surface area contributed by atoms with Crippen LogP contribution in [-0.2, 0) is 10.5 Å². The van der Waals surface area contributed by atoms with Crippen molar-refractivity contribution in [3.8, 4) is 12.3 Å². The van der Waals surface area contributed by atoms with Crippen molar-refractivity contribution in [3.05, 3.63) is 22.7 Å². The van der Waals surface area contributed by atoms with Gasteiger partial charge >= 0.3 is 5.69 Å². The van der Waals surface area contributed by atoms with E-state index >= 15 is 0 Å². The highest BCUT2D eigenvalue weighted by Gasteiger charge is 2.55. The first-order chi connectivity index (χ1) is 9.46. The van der Waals surface area contributed by atoms with Gasteiger partial charge in [0.1, 0.15) is 24.1 Å². The minimum absolute atomic E-state index is 0.00820. The number of nitrogen functional groups attached to an aromatic ring is 1. The lowest BCUT2D eigenvalue weighted by Gasteiger charge is -2.32. The van der Waals surface area contributed by atoms with E-state index in [4.69, 9.17) is 22.0 Å². The van der Waals surface area contributed by atoms with Gasteiger partial charge in [-0.15, -0.1) is 12.3 Å². The largest absolute Gasteiger partial charge is 0.394 e. The summed E-state index contributed by atoms with van der Waals surface area (Å²) in [6.07, 6.45) is 2.43. The van der Waals surface area contributed by atoms with Gasteiger partial charge in [0.15, 0.2) is 5.72 Å². The van der Waals surface area contributed by atoms with Crippen molar-refractivity contribution in [2.24, 2.45) is 0 Å². The van der Waals surface area contributed by atoms with Gasteiger partial charge in [0.25, 0.3) is 0 Å². The molecule has 1 aromatic rings. The third-order valence-corrected chi connectivity index (χ3v) is 3.29. The van der Waals surface area contributed by atoms with Gasteiger partial charge in [-0.3, -0.25) is 4.57 Å². The Labute approximate surface area is 114 Å². The van der Waals surface area contributed by atoms with E-state index in [0.717, 1.165) is 4.57 Å². The number of hydrogen-bond acceptors (Lipinski definition) is 7. The molecule has 8 nitrogen and oxygen atoms in total. The Morgan fingerprint density at radius 3 is 2.80 bits per heavy atom. The predicted octanol–water partition coefficient (Wildman–Crippen LogP) is -2.39. The summed E-state index contributed by atoms with van der Waals surface area (Å²) in [5.41, 5.74) is 2.95. The molecule has 1 saturated heterocycles. The molecular formula is C12H15N3O5. The highest BCUT2D eigenvalue weighted by Crippen LogP contribution is 2.37. The van der Waals surface area contributed by atoms with Crippen LogP contribution in [0.15, 0.2) is 17.1 Å². The molecule has 0 amide bonds. The van der Waals surface area contributed by atoms with Crippen molar-refractivity contribution in [3.63, 3.8) is 0 Å². The van der Waals surface area contributed by atoms with Crippen LogP contribution in [0.2, 0.25) is 0 Å². The number of nitrogens with two attached hydrogens (primary N) is 1. The molecule has 0 bridgehead atoms. The molecule has 0 unspecified atom stereocenters. The summed E-state index contributed by atoms with van der Waals surface area (Å²) in [5.74, 6) is 2.30. The van der Waals surface area contributed by atoms with Crippen molar-refractivity contribution in [2.45, 2.75) is 30.5 Å². The minimum Gasteiger partial charge on any atom is -0.394 e. The molecule has 2 rings (SSSR count). The van der Waals surface area contributed by atoms with Gasteiger partial charge in [-0.25, -0.2) is 4.79 Å². The van der Waals surface area contributed by atoms with E-state index in [1.165, 1.54) is 12.3 Å². The summed E-state index contributed by atoms with van der Waals surface area (Å²) < 4.78 is 6.44. The Bertz CT molecular complexity index is 595. The van der Waals surface area contributed by atoms with Crippen LogP contribution >= 0.6 is 0 Å². The zero-order valence-electron chi connectivity index (χ0n) is 10.5. The summed E-state index contributed by atoms with van der Waals surface area (Å²) in [5, 5.41) is 29.2. The Balaban J connectivity index is 2.56. The SMILES string of the molecule is C#CC[C@@]1(n2ccc(N)nc2=O)O[C@H](CO)[C@@H](O)[C@H]1O. The van der Waals surface area contributed by atoms with Crippen molar-refractivity contribution in [2.75, 3.05) is 12.3 Å². The number of terminal acetylenes is 1. The molecule has 0 aromatic carbocycles. The molecule has 1 aliphatic heterocycles. The first-order valence-corrected chi connectivity index (χ1v) is 5.90. The molecule has 1 aliphatic rings. The molecule has 0 radical (unpaired) electrons. The Morgan fingerprint density at radius 2 is 2.30 bits per heavy atom. The Hall–Kier alpha value is -1.92. The van der Waals surface area contributed by atoms with Crippen LogP contribution in [-0.4, -0.2) is 49.8 Å². The molecule has 1 aromatic heterocycles. The van der Waals surface area contributed by atoms with Crippen LogP contribution in [0.5, 0.6) is 0 Å². The van der Waals surface area contributed by atoms with E-state index in [1.807, 2.05) is 0 Å². The van der Waals surface area contributed by atoms with Crippen LogP contribution in [0.25, 0.3) is 0 Å². The number of hydrogen-bond donors (Lipinski definition) is 4. The molecule has 1 fully saturated rings. The number of aliphatic hydroxyl groups is 3. The Kier molecular flexibility index (Phi) is 3.78. The second kappa shape index (κ2) is 5.22. The Morgan fingerprint density at radius 1 is 1.60 bits per heavy atom. The molecule has 5 N–H and O–H groups in total. The van der Waals surface area contributed by atoms with Crippen molar-refractivity contribution in [1.82, 2.24) is 9.55 Å². The number of anilines is 1. The van der Waals surface area contributed by atoms with Gasteiger partial charge < -0.3 is 25.8 Å². The highest BCUT2D eigenvalue weighted by molar-refractivity contribution is 5.24. The summed E-state index contributed by atoms with van der Waals surface area (Å²) in [6.45, 7) is -0.526. The summed E-state index contributed by atoms with van der Waals surface area (Å²) in [6, 6.07) is 1.34. The molecule has 0 aliphatic carbocycles. The molecule has 0 saturated carbocycles. The number of ether oxygens (including phenoxy) is 1. The van der Waals surface area contributed by atoms with E-state index in [2.05, 4.69) is 10.9 Å². The van der Waals surface area contributed by atoms with E-state index in [1.54, 1.807) is 0 Å². The van der Waals surface area contributed by atoms with Crippen LogP contribution in [0.4, 0.5) is 5.82 Å². The fourth-order valence-corrected chi connectivity index (χ4v) is 2.30. The van der Waals surface area contributed by atoms with Crippen LogP contribution in [0.1, 0.15) is 6.42 Å². The zero-order valence-corrected chi connectivity index (χ0v) is 10.5. The van der Waals surface area contributed by atoms with E-state index in [9.17, 15) is 15.0 Å². The molecule has 8 heteroatoms. The van der Waals surface area contributed by atoms with Gasteiger partial charge in [0.05, 0.1) is 13.0 Å². The standard InChI is InChI=1S/C12H15N3O5/c1-2-4-12(10(18)9(17)7(6-16)20-12)15-5-3-8(13)14-11(15)19/h1,3,5,7,9-10,16-18H,4,6H2,(H2,13,14,19)/t7-,9-,10-,12-/m1/s1. The van der Waals surface area contributed by atoms with E-state index < -0.39 is 36.3 Å². The number of aliphatic hydroxyl groups excluding tert-OH is 3. The molecule has 108 valence electrons. The van der Waals surface area contributed by atoms with Crippen LogP contribution < -0.4 is 11.4 Å². The quantitative estimate of drug-likeness (QED) is 0.455. The highest BCUT2D eigenvalue weighted by atomic mass is 16.6. The van der Waals surface area contributed by atoms with Crippen molar-refractivity contribution in [1.29, 1.82) is 0 Å². The average Bonchev–Trinajstić information content (AvgIpc) is 2.65. The molecular weight excluding hydrogens is 266 g/mol. The predicted molar refractivity (Wildman–Crippen MR) is 68.3 cm³/mol. The van der Waals surface area contributed by atoms with Gasteiger partial charge in [-0.1, -0.05) is 0 Å². The van der Waals surface area contributed by atoms with Crippen LogP contribution in [0, 0.1) is 12.3 Å². The second-order valence-electron chi connectivity index (χ2n) is 4.51. The molecule has 0 spiro atoms. The third-order valence-electron chi connectivity index (χ3n) is 3.29. The summed E-state index contributed by atoms with van der Waals surface area (Å²) >= 11 is 0. The number of nitrogens with zero attached hydrogens (tertiary/aromatic N) is 2. The zero-order chi connectivity index (χ0) is 14.9. The lowest BCUT2D eigenvalue weighted by atomic mass is 9.99. The van der Waals surface area contributed by atoms with Gasteiger partial charge in [-0.2, -0.15) is 4.98 Å². The average molecular weight is 281 g/mol. The first-order valence-electron chi connectivity index (χ1n) is 5.90. The van der Waals surface area contributed by atoms with Crippen LogP contribution in [0.3, 0.4) is 0 Å². The monoisotopic (exact) mass is 281 g/mol. The summed E-state index contributed by atoms with van der Waals surface area (Å²) in [7, 11) is 0. The lowest BCUT2D eigenvalue weighted by Crippen LogP contribution is -2.50. The first kappa shape index (κ1) is 14.5. The maximum absolute atomic E-state index is 11.9. The lowest BCUT2D eigenvalue weighted by molar-refractivity contribution is -0.146. The summed E-state index contributed by atoms with van der Waals surface area (Å²) in [4.78, 5) is 15.5. The second-order valence-corrected chi connectivity index (χ2v) is 4.51.